The molecule has 0 N–H and O–H groups in total. The predicted molar refractivity (Wildman–Crippen MR) is 92.7 cm³/mol. The first kappa shape index (κ1) is 16.7. The molecule has 0 spiro atoms. The first-order valence-electron chi connectivity index (χ1n) is 8.45. The fourth-order valence-electron chi connectivity index (χ4n) is 3.68. The van der Waals surface area contributed by atoms with Crippen LogP contribution in [-0.4, -0.2) is 27.8 Å². The minimum atomic E-state index is -0.127. The highest BCUT2D eigenvalue weighted by molar-refractivity contribution is 5.76. The Morgan fingerprint density at radius 1 is 1.29 bits per heavy atom. The summed E-state index contributed by atoms with van der Waals surface area (Å²) in [6.45, 7) is 8.59. The maximum absolute atomic E-state index is 12.2. The second kappa shape index (κ2) is 6.04. The quantitative estimate of drug-likeness (QED) is 0.792. The van der Waals surface area contributed by atoms with Gasteiger partial charge in [-0.05, 0) is 51.7 Å². The summed E-state index contributed by atoms with van der Waals surface area (Å²) >= 11 is 0. The summed E-state index contributed by atoms with van der Waals surface area (Å²) in [4.78, 5) is 16.3. The average molecular weight is 327 g/mol. The molecule has 0 fully saturated rings. The third-order valence-electron chi connectivity index (χ3n) is 4.87. The number of rotatable bonds is 2. The van der Waals surface area contributed by atoms with Crippen LogP contribution in [0.2, 0.25) is 0 Å². The molecule has 2 unspecified atom stereocenters. The smallest absolute Gasteiger partial charge is 0.309 e. The molecule has 0 bridgehead atoms. The summed E-state index contributed by atoms with van der Waals surface area (Å²) in [7, 11) is 1.47. The van der Waals surface area contributed by atoms with Crippen molar-refractivity contribution < 1.29 is 9.53 Å². The van der Waals surface area contributed by atoms with Crippen molar-refractivity contribution in [3.05, 3.63) is 35.8 Å². The monoisotopic (exact) mass is 327 g/mol. The van der Waals surface area contributed by atoms with Crippen molar-refractivity contribution in [3.63, 3.8) is 0 Å². The van der Waals surface area contributed by atoms with Gasteiger partial charge in [0.25, 0.3) is 0 Å². The topological polar surface area (TPSA) is 57.0 Å². The standard InChI is InChI=1S/C19H25N3O2/c1-12-14(18(23)24-5)6-7-15-16(12)17(13-8-10-20-11-9-13)21-22(15)19(2,3)4/h8-12,14H,6-7H2,1-5H3. The minimum Gasteiger partial charge on any atom is -0.469 e. The maximum Gasteiger partial charge on any atom is 0.309 e. The second-order valence-corrected chi connectivity index (χ2v) is 7.48. The molecular formula is C19H25N3O2. The van der Waals surface area contributed by atoms with Crippen molar-refractivity contribution in [3.8, 4) is 11.3 Å². The number of carbonyl (C=O) groups is 1. The zero-order valence-corrected chi connectivity index (χ0v) is 15.0. The van der Waals surface area contributed by atoms with E-state index in [4.69, 9.17) is 9.84 Å². The molecule has 0 saturated carbocycles. The number of pyridine rings is 1. The molecule has 128 valence electrons. The van der Waals surface area contributed by atoms with Crippen LogP contribution in [-0.2, 0) is 21.5 Å². The molecule has 0 aromatic carbocycles. The van der Waals surface area contributed by atoms with Crippen LogP contribution in [0.5, 0.6) is 0 Å². The maximum atomic E-state index is 12.2. The van der Waals surface area contributed by atoms with Gasteiger partial charge in [0.2, 0.25) is 0 Å². The molecule has 0 radical (unpaired) electrons. The lowest BCUT2D eigenvalue weighted by atomic mass is 9.77. The summed E-state index contributed by atoms with van der Waals surface area (Å²) in [6.07, 6.45) is 5.21. The van der Waals surface area contributed by atoms with E-state index in [-0.39, 0.29) is 23.3 Å². The molecule has 2 heterocycles. The normalized spacial score (nSPS) is 20.5. The predicted octanol–water partition coefficient (Wildman–Crippen LogP) is 3.54. The fourth-order valence-corrected chi connectivity index (χ4v) is 3.68. The van der Waals surface area contributed by atoms with E-state index < -0.39 is 0 Å². The molecule has 24 heavy (non-hydrogen) atoms. The van der Waals surface area contributed by atoms with Crippen molar-refractivity contribution >= 4 is 5.97 Å². The van der Waals surface area contributed by atoms with Crippen molar-refractivity contribution in [2.45, 2.75) is 52.0 Å². The van der Waals surface area contributed by atoms with E-state index in [0.717, 1.165) is 24.1 Å². The molecule has 2 aromatic heterocycles. The van der Waals surface area contributed by atoms with Gasteiger partial charge in [-0.15, -0.1) is 0 Å². The van der Waals surface area contributed by atoms with Crippen molar-refractivity contribution in [2.24, 2.45) is 5.92 Å². The van der Waals surface area contributed by atoms with Gasteiger partial charge in [-0.1, -0.05) is 6.92 Å². The van der Waals surface area contributed by atoms with Gasteiger partial charge in [0.05, 0.1) is 24.3 Å². The number of hydrogen-bond acceptors (Lipinski definition) is 4. The second-order valence-electron chi connectivity index (χ2n) is 7.48. The molecule has 5 nitrogen and oxygen atoms in total. The third-order valence-corrected chi connectivity index (χ3v) is 4.87. The van der Waals surface area contributed by atoms with Crippen molar-refractivity contribution in [1.29, 1.82) is 0 Å². The number of carbonyl (C=O) groups excluding carboxylic acids is 1. The van der Waals surface area contributed by atoms with E-state index in [1.165, 1.54) is 18.4 Å². The largest absolute Gasteiger partial charge is 0.469 e. The first-order chi connectivity index (χ1) is 11.3. The lowest BCUT2D eigenvalue weighted by Crippen LogP contribution is -2.31. The van der Waals surface area contributed by atoms with Gasteiger partial charge in [-0.3, -0.25) is 14.5 Å². The summed E-state index contributed by atoms with van der Waals surface area (Å²) in [5.41, 5.74) is 4.32. The number of methoxy groups -OCH3 is 1. The number of esters is 1. The molecule has 1 aliphatic rings. The highest BCUT2D eigenvalue weighted by Gasteiger charge is 2.38. The van der Waals surface area contributed by atoms with E-state index in [0.29, 0.717) is 0 Å². The van der Waals surface area contributed by atoms with E-state index in [2.05, 4.69) is 37.4 Å². The SMILES string of the molecule is COC(=O)C1CCc2c(c(-c3ccncc3)nn2C(C)(C)C)C1C. The van der Waals surface area contributed by atoms with Crippen LogP contribution >= 0.6 is 0 Å². The Bertz CT molecular complexity index is 744. The van der Waals surface area contributed by atoms with Crippen LogP contribution < -0.4 is 0 Å². The Labute approximate surface area is 143 Å². The minimum absolute atomic E-state index is 0.0838. The van der Waals surface area contributed by atoms with Crippen LogP contribution in [0.25, 0.3) is 11.3 Å². The van der Waals surface area contributed by atoms with Crippen LogP contribution in [0, 0.1) is 5.92 Å². The summed E-state index contributed by atoms with van der Waals surface area (Å²) in [5.74, 6) is -0.154. The van der Waals surface area contributed by atoms with Crippen molar-refractivity contribution in [2.75, 3.05) is 7.11 Å². The van der Waals surface area contributed by atoms with Crippen LogP contribution in [0.15, 0.2) is 24.5 Å². The molecule has 1 aliphatic carbocycles. The number of nitrogens with zero attached hydrogens (tertiary/aromatic N) is 3. The summed E-state index contributed by atoms with van der Waals surface area (Å²) in [6, 6.07) is 3.95. The van der Waals surface area contributed by atoms with Gasteiger partial charge in [0.1, 0.15) is 0 Å². The van der Waals surface area contributed by atoms with Crippen LogP contribution in [0.3, 0.4) is 0 Å². The number of fused-ring (bicyclic) bond motifs is 1. The molecule has 3 rings (SSSR count). The zero-order valence-electron chi connectivity index (χ0n) is 15.0. The fraction of sp³-hybridized carbons (Fsp3) is 0.526. The molecule has 0 aliphatic heterocycles. The van der Waals surface area contributed by atoms with Gasteiger partial charge >= 0.3 is 5.97 Å². The molecule has 5 heteroatoms. The number of ether oxygens (including phenoxy) is 1. The zero-order chi connectivity index (χ0) is 17.5. The highest BCUT2D eigenvalue weighted by Crippen LogP contribution is 2.43. The van der Waals surface area contributed by atoms with Gasteiger partial charge in [-0.25, -0.2) is 0 Å². The van der Waals surface area contributed by atoms with Gasteiger partial charge < -0.3 is 4.74 Å². The van der Waals surface area contributed by atoms with Gasteiger partial charge in [0.15, 0.2) is 0 Å². The number of aromatic nitrogens is 3. The van der Waals surface area contributed by atoms with Gasteiger partial charge in [0, 0.05) is 29.2 Å². The summed E-state index contributed by atoms with van der Waals surface area (Å²) in [5, 5.41) is 4.94. The number of hydrogen-bond donors (Lipinski definition) is 0. The van der Waals surface area contributed by atoms with E-state index >= 15 is 0 Å². The molecule has 2 atom stereocenters. The highest BCUT2D eigenvalue weighted by atomic mass is 16.5. The summed E-state index contributed by atoms with van der Waals surface area (Å²) < 4.78 is 7.15. The molecule has 2 aromatic rings. The first-order valence-corrected chi connectivity index (χ1v) is 8.45. The Hall–Kier alpha value is -2.17. The van der Waals surface area contributed by atoms with E-state index in [1.807, 2.05) is 12.1 Å². The lowest BCUT2D eigenvalue weighted by molar-refractivity contribution is -0.146. The molecule has 0 amide bonds. The molecular weight excluding hydrogens is 302 g/mol. The lowest BCUT2D eigenvalue weighted by Gasteiger charge is -2.30. The third kappa shape index (κ3) is 2.72. The average Bonchev–Trinajstić information content (AvgIpc) is 2.96. The Morgan fingerprint density at radius 2 is 1.96 bits per heavy atom. The van der Waals surface area contributed by atoms with Crippen molar-refractivity contribution in [1.82, 2.24) is 14.8 Å². The van der Waals surface area contributed by atoms with E-state index in [9.17, 15) is 4.79 Å². The Kier molecular flexibility index (Phi) is 4.20. The van der Waals surface area contributed by atoms with E-state index in [1.54, 1.807) is 12.4 Å². The van der Waals surface area contributed by atoms with Crippen LogP contribution in [0.4, 0.5) is 0 Å². The molecule has 0 saturated heterocycles. The van der Waals surface area contributed by atoms with Gasteiger partial charge in [-0.2, -0.15) is 5.10 Å². The Balaban J connectivity index is 2.18. The van der Waals surface area contributed by atoms with Crippen LogP contribution in [0.1, 0.15) is 51.3 Å². The Morgan fingerprint density at radius 3 is 2.54 bits per heavy atom.